The zero-order valence-electron chi connectivity index (χ0n) is 10.9. The van der Waals surface area contributed by atoms with Gasteiger partial charge in [0.05, 0.1) is 24.4 Å². The van der Waals surface area contributed by atoms with Gasteiger partial charge >= 0.3 is 0 Å². The molecule has 19 heavy (non-hydrogen) atoms. The number of aromatic nitrogens is 1. The Balaban J connectivity index is 1.73. The van der Waals surface area contributed by atoms with Crippen LogP contribution < -0.4 is 5.73 Å². The summed E-state index contributed by atoms with van der Waals surface area (Å²) in [5.41, 5.74) is 10.0. The lowest BCUT2D eigenvalue weighted by Crippen LogP contribution is -2.09. The first-order valence-electron chi connectivity index (χ1n) is 6.17. The summed E-state index contributed by atoms with van der Waals surface area (Å²) in [4.78, 5) is 5.43. The molecule has 0 aliphatic heterocycles. The Labute approximate surface area is 116 Å². The Kier molecular flexibility index (Phi) is 4.90. The van der Waals surface area contributed by atoms with Gasteiger partial charge in [-0.05, 0) is 24.6 Å². The number of aliphatic hydroxyl groups excluding tert-OH is 1. The molecule has 2 rings (SSSR count). The van der Waals surface area contributed by atoms with Crippen molar-refractivity contribution in [3.8, 4) is 0 Å². The summed E-state index contributed by atoms with van der Waals surface area (Å²) in [7, 11) is 0. The SMILES string of the molecule is Cc1ncsc1CCOCC(O)c1ccc(N)cc1. The van der Waals surface area contributed by atoms with Crippen LogP contribution in [0.3, 0.4) is 0 Å². The summed E-state index contributed by atoms with van der Waals surface area (Å²) in [5.74, 6) is 0. The lowest BCUT2D eigenvalue weighted by Gasteiger charge is -2.11. The Bertz CT molecular complexity index is 510. The number of hydrogen-bond donors (Lipinski definition) is 2. The molecular formula is C14H18N2O2S. The maximum Gasteiger partial charge on any atom is 0.102 e. The third-order valence-electron chi connectivity index (χ3n) is 2.92. The van der Waals surface area contributed by atoms with Gasteiger partial charge in [0.15, 0.2) is 0 Å². The number of thiazole rings is 1. The average Bonchev–Trinajstić information content (AvgIpc) is 2.81. The van der Waals surface area contributed by atoms with Crippen molar-refractivity contribution in [1.29, 1.82) is 0 Å². The molecule has 0 aliphatic carbocycles. The number of nitrogens with two attached hydrogens (primary N) is 1. The number of aryl methyl sites for hydroxylation is 1. The van der Waals surface area contributed by atoms with Gasteiger partial charge in [-0.1, -0.05) is 12.1 Å². The average molecular weight is 278 g/mol. The van der Waals surface area contributed by atoms with Gasteiger partial charge in [-0.25, -0.2) is 4.98 Å². The number of anilines is 1. The topological polar surface area (TPSA) is 68.4 Å². The van der Waals surface area contributed by atoms with Crippen LogP contribution in [0.1, 0.15) is 22.2 Å². The van der Waals surface area contributed by atoms with E-state index in [1.54, 1.807) is 23.5 Å². The predicted octanol–water partition coefficient (Wildman–Crippen LogP) is 2.33. The molecule has 3 N–H and O–H groups in total. The second kappa shape index (κ2) is 6.65. The van der Waals surface area contributed by atoms with Gasteiger partial charge in [-0.15, -0.1) is 11.3 Å². The molecule has 1 aromatic carbocycles. The van der Waals surface area contributed by atoms with E-state index in [4.69, 9.17) is 10.5 Å². The number of nitrogens with zero attached hydrogens (tertiary/aromatic N) is 1. The van der Waals surface area contributed by atoms with Crippen LogP contribution in [0.4, 0.5) is 5.69 Å². The molecule has 1 heterocycles. The Morgan fingerprint density at radius 2 is 2.11 bits per heavy atom. The van der Waals surface area contributed by atoms with Crippen LogP contribution in [0.15, 0.2) is 29.8 Å². The Morgan fingerprint density at radius 1 is 1.37 bits per heavy atom. The van der Waals surface area contributed by atoms with Gasteiger partial charge in [0.2, 0.25) is 0 Å². The molecule has 0 aliphatic rings. The third-order valence-corrected chi connectivity index (χ3v) is 3.91. The second-order valence-corrected chi connectivity index (χ2v) is 5.31. The molecule has 1 atom stereocenters. The van der Waals surface area contributed by atoms with Crippen molar-refractivity contribution < 1.29 is 9.84 Å². The first-order valence-corrected chi connectivity index (χ1v) is 7.05. The lowest BCUT2D eigenvalue weighted by atomic mass is 10.1. The monoisotopic (exact) mass is 278 g/mol. The molecule has 0 bridgehead atoms. The van der Waals surface area contributed by atoms with Crippen LogP contribution in [-0.4, -0.2) is 23.3 Å². The van der Waals surface area contributed by atoms with Crippen molar-refractivity contribution in [3.63, 3.8) is 0 Å². The van der Waals surface area contributed by atoms with E-state index in [1.807, 2.05) is 24.6 Å². The minimum atomic E-state index is -0.608. The summed E-state index contributed by atoms with van der Waals surface area (Å²) in [6.45, 7) is 2.88. The lowest BCUT2D eigenvalue weighted by molar-refractivity contribution is 0.0376. The van der Waals surface area contributed by atoms with Crippen LogP contribution in [0.5, 0.6) is 0 Å². The van der Waals surface area contributed by atoms with Crippen LogP contribution in [0, 0.1) is 6.92 Å². The van der Waals surface area contributed by atoms with Gasteiger partial charge in [0.25, 0.3) is 0 Å². The molecule has 1 unspecified atom stereocenters. The highest BCUT2D eigenvalue weighted by Gasteiger charge is 2.08. The first kappa shape index (κ1) is 14.0. The molecule has 2 aromatic rings. The molecule has 0 saturated heterocycles. The molecule has 0 fully saturated rings. The molecule has 4 nitrogen and oxygen atoms in total. The highest BCUT2D eigenvalue weighted by molar-refractivity contribution is 7.09. The van der Waals surface area contributed by atoms with Crippen molar-refractivity contribution in [1.82, 2.24) is 4.98 Å². The second-order valence-electron chi connectivity index (χ2n) is 4.37. The quantitative estimate of drug-likeness (QED) is 0.628. The van der Waals surface area contributed by atoms with Crippen molar-refractivity contribution in [2.45, 2.75) is 19.4 Å². The number of ether oxygens (including phenoxy) is 1. The van der Waals surface area contributed by atoms with E-state index < -0.39 is 6.10 Å². The molecule has 0 saturated carbocycles. The molecule has 1 aromatic heterocycles. The predicted molar refractivity (Wildman–Crippen MR) is 77.2 cm³/mol. The largest absolute Gasteiger partial charge is 0.399 e. The van der Waals surface area contributed by atoms with Crippen LogP contribution in [0.25, 0.3) is 0 Å². The van der Waals surface area contributed by atoms with Crippen LogP contribution in [-0.2, 0) is 11.2 Å². The van der Waals surface area contributed by atoms with E-state index in [2.05, 4.69) is 4.98 Å². The van der Waals surface area contributed by atoms with E-state index in [-0.39, 0.29) is 0 Å². The zero-order valence-corrected chi connectivity index (χ0v) is 11.7. The smallest absolute Gasteiger partial charge is 0.102 e. The highest BCUT2D eigenvalue weighted by atomic mass is 32.1. The van der Waals surface area contributed by atoms with E-state index in [1.165, 1.54) is 4.88 Å². The van der Waals surface area contributed by atoms with Crippen molar-refractivity contribution >= 4 is 17.0 Å². The van der Waals surface area contributed by atoms with Crippen molar-refractivity contribution in [2.75, 3.05) is 18.9 Å². The number of aliphatic hydroxyl groups is 1. The van der Waals surface area contributed by atoms with Gasteiger partial charge < -0.3 is 15.6 Å². The van der Waals surface area contributed by atoms with Crippen LogP contribution in [0.2, 0.25) is 0 Å². The fourth-order valence-electron chi connectivity index (χ4n) is 1.74. The minimum Gasteiger partial charge on any atom is -0.399 e. The summed E-state index contributed by atoms with van der Waals surface area (Å²) < 4.78 is 5.51. The highest BCUT2D eigenvalue weighted by Crippen LogP contribution is 2.16. The summed E-state index contributed by atoms with van der Waals surface area (Å²) >= 11 is 1.64. The summed E-state index contributed by atoms with van der Waals surface area (Å²) in [5, 5.41) is 9.95. The van der Waals surface area contributed by atoms with E-state index in [9.17, 15) is 5.11 Å². The Morgan fingerprint density at radius 3 is 2.74 bits per heavy atom. The normalized spacial score (nSPS) is 12.5. The standard InChI is InChI=1S/C14H18N2O2S/c1-10-14(19-9-16-10)6-7-18-8-13(17)11-2-4-12(15)5-3-11/h2-5,9,13,17H,6-8,15H2,1H3. The van der Waals surface area contributed by atoms with Gasteiger partial charge in [0, 0.05) is 17.0 Å². The maximum absolute atomic E-state index is 9.95. The maximum atomic E-state index is 9.95. The Hall–Kier alpha value is -1.43. The summed E-state index contributed by atoms with van der Waals surface area (Å²) in [6.07, 6.45) is 0.230. The molecule has 0 amide bonds. The number of hydrogen-bond acceptors (Lipinski definition) is 5. The van der Waals surface area contributed by atoms with Crippen molar-refractivity contribution in [3.05, 3.63) is 45.9 Å². The number of benzene rings is 1. The molecule has 0 radical (unpaired) electrons. The molecule has 102 valence electrons. The zero-order chi connectivity index (χ0) is 13.7. The minimum absolute atomic E-state index is 0.293. The van der Waals surface area contributed by atoms with E-state index >= 15 is 0 Å². The molecule has 5 heteroatoms. The fourth-order valence-corrected chi connectivity index (χ4v) is 2.50. The van der Waals surface area contributed by atoms with Gasteiger partial charge in [-0.3, -0.25) is 0 Å². The number of nitrogen functional groups attached to an aromatic ring is 1. The van der Waals surface area contributed by atoms with Crippen molar-refractivity contribution in [2.24, 2.45) is 0 Å². The summed E-state index contributed by atoms with van der Waals surface area (Å²) in [6, 6.07) is 7.19. The van der Waals surface area contributed by atoms with Gasteiger partial charge in [-0.2, -0.15) is 0 Å². The first-order chi connectivity index (χ1) is 9.16. The van der Waals surface area contributed by atoms with Crippen LogP contribution >= 0.6 is 11.3 Å². The van der Waals surface area contributed by atoms with E-state index in [0.717, 1.165) is 17.7 Å². The molecular weight excluding hydrogens is 260 g/mol. The fraction of sp³-hybridized carbons (Fsp3) is 0.357. The van der Waals surface area contributed by atoms with E-state index in [0.29, 0.717) is 18.9 Å². The third kappa shape index (κ3) is 4.02. The van der Waals surface area contributed by atoms with Gasteiger partial charge in [0.1, 0.15) is 6.10 Å². The number of rotatable bonds is 6. The molecule has 0 spiro atoms.